The van der Waals surface area contributed by atoms with Crippen molar-refractivity contribution in [3.05, 3.63) is 52.2 Å². The zero-order chi connectivity index (χ0) is 18.1. The van der Waals surface area contributed by atoms with Crippen LogP contribution in [0.25, 0.3) is 10.9 Å². The first-order valence-corrected chi connectivity index (χ1v) is 7.96. The average molecular weight is 341 g/mol. The third-order valence-electron chi connectivity index (χ3n) is 3.85. The molecule has 1 atom stereocenters. The van der Waals surface area contributed by atoms with Crippen molar-refractivity contribution in [2.45, 2.75) is 32.7 Å². The second-order valence-corrected chi connectivity index (χ2v) is 6.22. The number of carbonyl (C=O) groups excluding carboxylic acids is 1. The molecule has 0 radical (unpaired) electrons. The smallest absolute Gasteiger partial charge is 0.260 e. The van der Waals surface area contributed by atoms with E-state index in [4.69, 9.17) is 4.42 Å². The van der Waals surface area contributed by atoms with Crippen LogP contribution in [0.4, 0.5) is 0 Å². The molecule has 0 fully saturated rings. The molecule has 2 aromatic heterocycles. The van der Waals surface area contributed by atoms with Crippen LogP contribution in [0, 0.1) is 0 Å². The van der Waals surface area contributed by atoms with E-state index in [0.29, 0.717) is 28.2 Å². The molecule has 1 amide bonds. The zero-order valence-corrected chi connectivity index (χ0v) is 14.5. The van der Waals surface area contributed by atoms with Crippen molar-refractivity contribution in [1.82, 2.24) is 25.1 Å². The molecule has 0 saturated heterocycles. The summed E-state index contributed by atoms with van der Waals surface area (Å²) in [6.45, 7) is 5.67. The Hall–Kier alpha value is -3.03. The Morgan fingerprint density at radius 1 is 1.20 bits per heavy atom. The lowest BCUT2D eigenvalue weighted by Gasteiger charge is -2.10. The van der Waals surface area contributed by atoms with Gasteiger partial charge in [-0.1, -0.05) is 13.8 Å². The van der Waals surface area contributed by atoms with Crippen LogP contribution < -0.4 is 10.9 Å². The molecule has 0 bridgehead atoms. The molecule has 0 saturated carbocycles. The molecule has 0 spiro atoms. The highest BCUT2D eigenvalue weighted by atomic mass is 16.4. The predicted molar refractivity (Wildman–Crippen MR) is 91.3 cm³/mol. The van der Waals surface area contributed by atoms with Crippen LogP contribution in [-0.4, -0.2) is 25.7 Å². The molecular formula is C17H19N5O3. The van der Waals surface area contributed by atoms with Crippen molar-refractivity contribution >= 4 is 16.8 Å². The fourth-order valence-electron chi connectivity index (χ4n) is 2.35. The van der Waals surface area contributed by atoms with E-state index < -0.39 is 6.04 Å². The van der Waals surface area contributed by atoms with Crippen LogP contribution in [0.1, 0.15) is 54.9 Å². The van der Waals surface area contributed by atoms with E-state index in [1.807, 2.05) is 13.8 Å². The maximum atomic E-state index is 12.5. The molecular weight excluding hydrogens is 322 g/mol. The van der Waals surface area contributed by atoms with Crippen molar-refractivity contribution in [2.24, 2.45) is 7.05 Å². The minimum Gasteiger partial charge on any atom is -0.423 e. The maximum absolute atomic E-state index is 12.5. The molecule has 3 rings (SSSR count). The van der Waals surface area contributed by atoms with Gasteiger partial charge in [-0.3, -0.25) is 9.59 Å². The van der Waals surface area contributed by atoms with Gasteiger partial charge in [-0.15, -0.1) is 10.2 Å². The first kappa shape index (κ1) is 16.8. The number of hydrogen-bond acceptors (Lipinski definition) is 6. The average Bonchev–Trinajstić information content (AvgIpc) is 3.08. The van der Waals surface area contributed by atoms with E-state index in [2.05, 4.69) is 20.5 Å². The number of hydrogen-bond donors (Lipinski definition) is 1. The molecule has 1 N–H and O–H groups in total. The molecule has 0 aliphatic rings. The predicted octanol–water partition coefficient (Wildman–Crippen LogP) is 1.93. The Bertz CT molecular complexity index is 989. The van der Waals surface area contributed by atoms with Gasteiger partial charge in [-0.25, -0.2) is 4.98 Å². The van der Waals surface area contributed by atoms with Crippen molar-refractivity contribution in [1.29, 1.82) is 0 Å². The summed E-state index contributed by atoms with van der Waals surface area (Å²) in [5.41, 5.74) is 0.726. The van der Waals surface area contributed by atoms with Gasteiger partial charge in [0.25, 0.3) is 11.5 Å². The summed E-state index contributed by atoms with van der Waals surface area (Å²) in [4.78, 5) is 28.7. The summed E-state index contributed by atoms with van der Waals surface area (Å²) in [7, 11) is 1.63. The van der Waals surface area contributed by atoms with Crippen molar-refractivity contribution in [3.63, 3.8) is 0 Å². The number of rotatable bonds is 4. The molecule has 2 heterocycles. The Labute approximate surface area is 143 Å². The third kappa shape index (κ3) is 3.28. The minimum atomic E-state index is -0.431. The number of benzene rings is 1. The molecule has 0 unspecified atom stereocenters. The van der Waals surface area contributed by atoms with E-state index in [1.165, 1.54) is 10.9 Å². The fourth-order valence-corrected chi connectivity index (χ4v) is 2.35. The number of nitrogens with zero attached hydrogens (tertiary/aromatic N) is 4. The van der Waals surface area contributed by atoms with Gasteiger partial charge in [0.15, 0.2) is 0 Å². The molecule has 25 heavy (non-hydrogen) atoms. The minimum absolute atomic E-state index is 0.123. The number of aryl methyl sites for hydroxylation is 1. The van der Waals surface area contributed by atoms with Gasteiger partial charge in [0.1, 0.15) is 6.04 Å². The number of nitrogens with one attached hydrogen (secondary N) is 1. The summed E-state index contributed by atoms with van der Waals surface area (Å²) in [6.07, 6.45) is 1.43. The van der Waals surface area contributed by atoms with E-state index in [1.54, 1.807) is 32.2 Å². The molecule has 3 aromatic rings. The van der Waals surface area contributed by atoms with E-state index in [-0.39, 0.29) is 17.4 Å². The monoisotopic (exact) mass is 341 g/mol. The number of carbonyl (C=O) groups is 1. The first-order valence-electron chi connectivity index (χ1n) is 7.96. The third-order valence-corrected chi connectivity index (χ3v) is 3.85. The highest BCUT2D eigenvalue weighted by Gasteiger charge is 2.18. The van der Waals surface area contributed by atoms with Crippen molar-refractivity contribution in [3.8, 4) is 0 Å². The van der Waals surface area contributed by atoms with Gasteiger partial charge in [0.05, 0.1) is 17.2 Å². The highest BCUT2D eigenvalue weighted by molar-refractivity contribution is 5.97. The normalized spacial score (nSPS) is 12.5. The maximum Gasteiger partial charge on any atom is 0.260 e. The summed E-state index contributed by atoms with van der Waals surface area (Å²) in [5.74, 6) is 0.700. The molecule has 0 aliphatic carbocycles. The van der Waals surface area contributed by atoms with Crippen LogP contribution in [-0.2, 0) is 7.05 Å². The second kappa shape index (κ2) is 6.46. The lowest BCUT2D eigenvalue weighted by molar-refractivity contribution is 0.0934. The van der Waals surface area contributed by atoms with Gasteiger partial charge >= 0.3 is 0 Å². The number of aromatic nitrogens is 4. The molecule has 0 aliphatic heterocycles. The number of fused-ring (bicyclic) bond motifs is 1. The van der Waals surface area contributed by atoms with Gasteiger partial charge in [0, 0.05) is 18.5 Å². The Kier molecular flexibility index (Phi) is 4.35. The molecule has 8 nitrogen and oxygen atoms in total. The molecule has 1 aromatic carbocycles. The molecule has 130 valence electrons. The van der Waals surface area contributed by atoms with E-state index in [0.717, 1.165) is 0 Å². The summed E-state index contributed by atoms with van der Waals surface area (Å²) in [6, 6.07) is 4.36. The SMILES string of the molecule is CC(C)c1nnc([C@H](C)NC(=O)c2ccc3c(=O)n(C)cnc3c2)o1. The van der Waals surface area contributed by atoms with Crippen molar-refractivity contribution < 1.29 is 9.21 Å². The Morgan fingerprint density at radius 3 is 2.60 bits per heavy atom. The number of amides is 1. The lowest BCUT2D eigenvalue weighted by atomic mass is 10.1. The Morgan fingerprint density at radius 2 is 1.92 bits per heavy atom. The van der Waals surface area contributed by atoms with Gasteiger partial charge in [-0.2, -0.15) is 0 Å². The topological polar surface area (TPSA) is 103 Å². The van der Waals surface area contributed by atoms with Crippen LogP contribution in [0.5, 0.6) is 0 Å². The van der Waals surface area contributed by atoms with Crippen LogP contribution in [0.15, 0.2) is 33.7 Å². The fraction of sp³-hybridized carbons (Fsp3) is 0.353. The standard InChI is InChI=1S/C17H19N5O3/c1-9(2)15-20-21-16(25-15)10(3)19-14(23)11-5-6-12-13(7-11)18-8-22(4)17(12)24/h5-10H,1-4H3,(H,19,23)/t10-/m0/s1. The first-order chi connectivity index (χ1) is 11.9. The van der Waals surface area contributed by atoms with Gasteiger partial charge in [-0.05, 0) is 25.1 Å². The van der Waals surface area contributed by atoms with E-state index in [9.17, 15) is 9.59 Å². The summed E-state index contributed by atoms with van der Waals surface area (Å²) in [5, 5.41) is 11.2. The van der Waals surface area contributed by atoms with Gasteiger partial charge in [0.2, 0.25) is 11.8 Å². The highest BCUT2D eigenvalue weighted by Crippen LogP contribution is 2.17. The van der Waals surface area contributed by atoms with Crippen LogP contribution >= 0.6 is 0 Å². The van der Waals surface area contributed by atoms with Crippen LogP contribution in [0.3, 0.4) is 0 Å². The Balaban J connectivity index is 1.81. The lowest BCUT2D eigenvalue weighted by Crippen LogP contribution is -2.27. The quantitative estimate of drug-likeness (QED) is 0.778. The molecule has 8 heteroatoms. The largest absolute Gasteiger partial charge is 0.423 e. The van der Waals surface area contributed by atoms with Gasteiger partial charge < -0.3 is 14.3 Å². The van der Waals surface area contributed by atoms with Crippen LogP contribution in [0.2, 0.25) is 0 Å². The second-order valence-electron chi connectivity index (χ2n) is 6.22. The zero-order valence-electron chi connectivity index (χ0n) is 14.5. The summed E-state index contributed by atoms with van der Waals surface area (Å²) < 4.78 is 6.94. The summed E-state index contributed by atoms with van der Waals surface area (Å²) >= 11 is 0. The van der Waals surface area contributed by atoms with E-state index >= 15 is 0 Å². The van der Waals surface area contributed by atoms with Crippen molar-refractivity contribution in [2.75, 3.05) is 0 Å².